The molecule has 2 aromatic carbocycles. The molecular weight excluding hydrogens is 364 g/mol. The number of carbonyl (C=O) groups is 2. The molecule has 3 rings (SSSR count). The van der Waals surface area contributed by atoms with Crippen molar-refractivity contribution in [2.45, 2.75) is 39.5 Å². The lowest BCUT2D eigenvalue weighted by molar-refractivity contribution is -0.136. The van der Waals surface area contributed by atoms with Crippen molar-refractivity contribution in [3.8, 4) is 5.75 Å². The third kappa shape index (κ3) is 5.37. The van der Waals surface area contributed by atoms with Crippen LogP contribution in [0, 0.1) is 5.92 Å². The SMILES string of the molecule is CCc1cccc(CC)c1NC(=O)C1CCN(C(=O)COc2ccccc2)CC1. The van der Waals surface area contributed by atoms with E-state index in [1.165, 1.54) is 11.1 Å². The molecule has 2 aromatic rings. The Balaban J connectivity index is 1.51. The fourth-order valence-corrected chi connectivity index (χ4v) is 3.77. The first-order valence-electron chi connectivity index (χ1n) is 10.5. The average molecular weight is 395 g/mol. The molecule has 0 aromatic heterocycles. The summed E-state index contributed by atoms with van der Waals surface area (Å²) in [4.78, 5) is 27.1. The molecule has 5 nitrogen and oxygen atoms in total. The molecule has 1 N–H and O–H groups in total. The molecule has 0 unspecified atom stereocenters. The number of nitrogens with zero attached hydrogens (tertiary/aromatic N) is 1. The van der Waals surface area contributed by atoms with Crippen molar-refractivity contribution in [2.75, 3.05) is 25.0 Å². The minimum Gasteiger partial charge on any atom is -0.484 e. The van der Waals surface area contributed by atoms with Crippen LogP contribution in [-0.2, 0) is 22.4 Å². The van der Waals surface area contributed by atoms with E-state index in [0.29, 0.717) is 31.7 Å². The number of amides is 2. The zero-order valence-electron chi connectivity index (χ0n) is 17.3. The molecule has 0 bridgehead atoms. The normalized spacial score (nSPS) is 14.5. The Morgan fingerprint density at radius 3 is 2.17 bits per heavy atom. The molecule has 1 aliphatic heterocycles. The maximum Gasteiger partial charge on any atom is 0.260 e. The number of para-hydroxylation sites is 2. The molecule has 1 aliphatic rings. The first-order chi connectivity index (χ1) is 14.1. The van der Waals surface area contributed by atoms with Crippen molar-refractivity contribution in [1.82, 2.24) is 4.90 Å². The van der Waals surface area contributed by atoms with Crippen molar-refractivity contribution >= 4 is 17.5 Å². The van der Waals surface area contributed by atoms with E-state index < -0.39 is 0 Å². The molecule has 154 valence electrons. The number of ether oxygens (including phenoxy) is 1. The molecule has 2 amide bonds. The lowest BCUT2D eigenvalue weighted by Gasteiger charge is -2.31. The molecular formula is C24H30N2O3. The van der Waals surface area contributed by atoms with E-state index in [4.69, 9.17) is 4.74 Å². The Labute approximate surface area is 173 Å². The summed E-state index contributed by atoms with van der Waals surface area (Å²) in [5.74, 6) is 0.658. The van der Waals surface area contributed by atoms with Gasteiger partial charge in [0.25, 0.3) is 5.91 Å². The highest BCUT2D eigenvalue weighted by molar-refractivity contribution is 5.94. The third-order valence-corrected chi connectivity index (χ3v) is 5.57. The molecule has 1 heterocycles. The molecule has 0 radical (unpaired) electrons. The fourth-order valence-electron chi connectivity index (χ4n) is 3.77. The maximum absolute atomic E-state index is 12.9. The third-order valence-electron chi connectivity index (χ3n) is 5.57. The smallest absolute Gasteiger partial charge is 0.260 e. The summed E-state index contributed by atoms with van der Waals surface area (Å²) in [6, 6.07) is 15.5. The number of carbonyl (C=O) groups excluding carboxylic acids is 2. The van der Waals surface area contributed by atoms with Crippen LogP contribution >= 0.6 is 0 Å². The highest BCUT2D eigenvalue weighted by Crippen LogP contribution is 2.25. The number of anilines is 1. The molecule has 0 saturated carbocycles. The first kappa shape index (κ1) is 20.9. The average Bonchev–Trinajstić information content (AvgIpc) is 2.78. The van der Waals surface area contributed by atoms with Crippen molar-refractivity contribution in [1.29, 1.82) is 0 Å². The summed E-state index contributed by atoms with van der Waals surface area (Å²) < 4.78 is 5.55. The number of rotatable bonds is 7. The number of aryl methyl sites for hydroxylation is 2. The van der Waals surface area contributed by atoms with Crippen LogP contribution in [-0.4, -0.2) is 36.4 Å². The summed E-state index contributed by atoms with van der Waals surface area (Å²) in [6.45, 7) is 5.42. The van der Waals surface area contributed by atoms with Crippen LogP contribution in [0.5, 0.6) is 5.75 Å². The largest absolute Gasteiger partial charge is 0.484 e. The Morgan fingerprint density at radius 1 is 0.966 bits per heavy atom. The quantitative estimate of drug-likeness (QED) is 0.770. The van der Waals surface area contributed by atoms with Gasteiger partial charge in [0.05, 0.1) is 0 Å². The van der Waals surface area contributed by atoms with E-state index >= 15 is 0 Å². The predicted molar refractivity (Wildman–Crippen MR) is 115 cm³/mol. The second-order valence-electron chi connectivity index (χ2n) is 7.40. The molecule has 1 fully saturated rings. The van der Waals surface area contributed by atoms with Gasteiger partial charge in [0.1, 0.15) is 5.75 Å². The minimum absolute atomic E-state index is 0.0303. The maximum atomic E-state index is 12.9. The molecule has 29 heavy (non-hydrogen) atoms. The van der Waals surface area contributed by atoms with E-state index in [2.05, 4.69) is 37.4 Å². The number of likely N-dealkylation sites (tertiary alicyclic amines) is 1. The van der Waals surface area contributed by atoms with Crippen LogP contribution in [0.15, 0.2) is 48.5 Å². The monoisotopic (exact) mass is 394 g/mol. The second kappa shape index (κ2) is 10.1. The van der Waals surface area contributed by atoms with E-state index in [1.54, 1.807) is 4.90 Å². The van der Waals surface area contributed by atoms with Gasteiger partial charge >= 0.3 is 0 Å². The van der Waals surface area contributed by atoms with E-state index in [1.807, 2.05) is 30.3 Å². The highest BCUT2D eigenvalue weighted by atomic mass is 16.5. The number of hydrogen-bond donors (Lipinski definition) is 1. The Morgan fingerprint density at radius 2 is 1.59 bits per heavy atom. The zero-order chi connectivity index (χ0) is 20.6. The van der Waals surface area contributed by atoms with Gasteiger partial charge in [0, 0.05) is 24.7 Å². The van der Waals surface area contributed by atoms with Gasteiger partial charge in [-0.1, -0.05) is 50.2 Å². The second-order valence-corrected chi connectivity index (χ2v) is 7.40. The van der Waals surface area contributed by atoms with Crippen LogP contribution in [0.2, 0.25) is 0 Å². The topological polar surface area (TPSA) is 58.6 Å². The van der Waals surface area contributed by atoms with Gasteiger partial charge in [0.2, 0.25) is 5.91 Å². The highest BCUT2D eigenvalue weighted by Gasteiger charge is 2.28. The van der Waals surface area contributed by atoms with Crippen LogP contribution in [0.4, 0.5) is 5.69 Å². The van der Waals surface area contributed by atoms with Crippen LogP contribution < -0.4 is 10.1 Å². The van der Waals surface area contributed by atoms with E-state index in [-0.39, 0.29) is 24.3 Å². The fraction of sp³-hybridized carbons (Fsp3) is 0.417. The number of nitrogens with one attached hydrogen (secondary N) is 1. The predicted octanol–water partition coefficient (Wildman–Crippen LogP) is 4.07. The summed E-state index contributed by atoms with van der Waals surface area (Å²) >= 11 is 0. The lowest BCUT2D eigenvalue weighted by Crippen LogP contribution is -2.43. The van der Waals surface area contributed by atoms with Crippen LogP contribution in [0.1, 0.15) is 37.8 Å². The van der Waals surface area contributed by atoms with Gasteiger partial charge < -0.3 is 15.0 Å². The van der Waals surface area contributed by atoms with Gasteiger partial charge in [0.15, 0.2) is 6.61 Å². The minimum atomic E-state index is -0.0660. The number of hydrogen-bond acceptors (Lipinski definition) is 3. The number of benzene rings is 2. The zero-order valence-corrected chi connectivity index (χ0v) is 17.3. The van der Waals surface area contributed by atoms with Crippen molar-refractivity contribution in [2.24, 2.45) is 5.92 Å². The van der Waals surface area contributed by atoms with Gasteiger partial charge in [-0.05, 0) is 48.9 Å². The molecule has 0 aliphatic carbocycles. The van der Waals surface area contributed by atoms with Gasteiger partial charge in [-0.15, -0.1) is 0 Å². The van der Waals surface area contributed by atoms with E-state index in [0.717, 1.165) is 18.5 Å². The van der Waals surface area contributed by atoms with Crippen molar-refractivity contribution in [3.05, 3.63) is 59.7 Å². The summed E-state index contributed by atoms with van der Waals surface area (Å²) in [7, 11) is 0. The lowest BCUT2D eigenvalue weighted by atomic mass is 9.95. The number of piperidine rings is 1. The van der Waals surface area contributed by atoms with Gasteiger partial charge in [-0.25, -0.2) is 0 Å². The first-order valence-corrected chi connectivity index (χ1v) is 10.5. The molecule has 5 heteroatoms. The standard InChI is InChI=1S/C24H30N2O3/c1-3-18-9-8-10-19(4-2)23(18)25-24(28)20-13-15-26(16-14-20)22(27)17-29-21-11-6-5-7-12-21/h5-12,20H,3-4,13-17H2,1-2H3,(H,25,28). The Bertz CT molecular complexity index is 805. The van der Waals surface area contributed by atoms with Crippen LogP contribution in [0.25, 0.3) is 0 Å². The Hall–Kier alpha value is -2.82. The van der Waals surface area contributed by atoms with Crippen molar-refractivity contribution < 1.29 is 14.3 Å². The Kier molecular flexibility index (Phi) is 7.28. The van der Waals surface area contributed by atoms with Crippen LogP contribution in [0.3, 0.4) is 0 Å². The van der Waals surface area contributed by atoms with E-state index in [9.17, 15) is 9.59 Å². The van der Waals surface area contributed by atoms with Crippen molar-refractivity contribution in [3.63, 3.8) is 0 Å². The van der Waals surface area contributed by atoms with Gasteiger partial charge in [-0.2, -0.15) is 0 Å². The molecule has 0 atom stereocenters. The van der Waals surface area contributed by atoms with Gasteiger partial charge in [-0.3, -0.25) is 9.59 Å². The molecule has 0 spiro atoms. The summed E-state index contributed by atoms with van der Waals surface area (Å²) in [5.41, 5.74) is 3.31. The molecule has 1 saturated heterocycles. The summed E-state index contributed by atoms with van der Waals surface area (Å²) in [5, 5.41) is 3.17. The summed E-state index contributed by atoms with van der Waals surface area (Å²) in [6.07, 6.45) is 3.13.